The average molecular weight is 465 g/mol. The van der Waals surface area contributed by atoms with Crippen LogP contribution < -0.4 is 10.2 Å². The number of furan rings is 2. The number of ether oxygens (including phenoxy) is 1. The highest BCUT2D eigenvalue weighted by Crippen LogP contribution is 2.25. The van der Waals surface area contributed by atoms with Gasteiger partial charge in [0.2, 0.25) is 0 Å². The number of hydrogen-bond acceptors (Lipinski definition) is 5. The molecule has 0 aliphatic carbocycles. The van der Waals surface area contributed by atoms with Crippen molar-refractivity contribution in [3.8, 4) is 28.4 Å². The van der Waals surface area contributed by atoms with E-state index >= 15 is 0 Å². The Morgan fingerprint density at radius 1 is 0.900 bits per heavy atom. The van der Waals surface area contributed by atoms with Gasteiger partial charge in [-0.05, 0) is 60.7 Å². The van der Waals surface area contributed by atoms with Crippen molar-refractivity contribution in [2.75, 3.05) is 7.11 Å². The van der Waals surface area contributed by atoms with Gasteiger partial charge in [0, 0.05) is 15.6 Å². The molecule has 4 aromatic rings. The zero-order valence-electron chi connectivity index (χ0n) is 16.0. The second kappa shape index (κ2) is 8.84. The first-order valence-electron chi connectivity index (χ1n) is 9.06. The van der Waals surface area contributed by atoms with Crippen LogP contribution in [0.3, 0.4) is 0 Å². The Morgan fingerprint density at radius 3 is 2.23 bits per heavy atom. The van der Waals surface area contributed by atoms with Crippen molar-refractivity contribution >= 4 is 28.1 Å². The standard InChI is InChI=1S/C23H17BrN2O4/c1-28-18-8-4-16(5-9-18)20-11-10-19(29-20)14-25-26-23(27)22-13-12-21(30-22)15-2-6-17(24)7-3-15/h2-14H,1H3,(H,26,27). The van der Waals surface area contributed by atoms with E-state index in [-0.39, 0.29) is 5.76 Å². The molecule has 0 unspecified atom stereocenters. The molecule has 30 heavy (non-hydrogen) atoms. The van der Waals surface area contributed by atoms with E-state index in [4.69, 9.17) is 13.6 Å². The second-order valence-corrected chi connectivity index (χ2v) is 7.22. The van der Waals surface area contributed by atoms with E-state index in [9.17, 15) is 4.79 Å². The number of hydrogen-bond donors (Lipinski definition) is 1. The van der Waals surface area contributed by atoms with Crippen LogP contribution in [0.15, 0.2) is 91.2 Å². The summed E-state index contributed by atoms with van der Waals surface area (Å²) in [5.41, 5.74) is 4.23. The molecule has 4 rings (SSSR count). The predicted molar refractivity (Wildman–Crippen MR) is 118 cm³/mol. The summed E-state index contributed by atoms with van der Waals surface area (Å²) in [6.07, 6.45) is 1.43. The second-order valence-electron chi connectivity index (χ2n) is 6.30. The third-order valence-electron chi connectivity index (χ3n) is 4.32. The molecule has 6 nitrogen and oxygen atoms in total. The number of carbonyl (C=O) groups is 1. The molecular formula is C23H17BrN2O4. The number of nitrogens with zero attached hydrogens (tertiary/aromatic N) is 1. The van der Waals surface area contributed by atoms with Gasteiger partial charge < -0.3 is 13.6 Å². The van der Waals surface area contributed by atoms with Gasteiger partial charge in [-0.25, -0.2) is 5.43 Å². The molecule has 150 valence electrons. The fraction of sp³-hybridized carbons (Fsp3) is 0.0435. The maximum absolute atomic E-state index is 12.3. The summed E-state index contributed by atoms with van der Waals surface area (Å²) in [5, 5.41) is 3.94. The quantitative estimate of drug-likeness (QED) is 0.291. The normalized spacial score (nSPS) is 11.0. The van der Waals surface area contributed by atoms with Crippen molar-refractivity contribution in [3.05, 3.63) is 88.8 Å². The summed E-state index contributed by atoms with van der Waals surface area (Å²) in [5.74, 6) is 2.30. The molecule has 7 heteroatoms. The van der Waals surface area contributed by atoms with Crippen molar-refractivity contribution in [3.63, 3.8) is 0 Å². The Bertz CT molecular complexity index is 1170. The first kappa shape index (κ1) is 19.7. The molecule has 1 amide bonds. The summed E-state index contributed by atoms with van der Waals surface area (Å²) in [6, 6.07) is 22.1. The summed E-state index contributed by atoms with van der Waals surface area (Å²) >= 11 is 3.39. The van der Waals surface area contributed by atoms with E-state index in [1.807, 2.05) is 54.6 Å². The van der Waals surface area contributed by atoms with Crippen LogP contribution >= 0.6 is 15.9 Å². The van der Waals surface area contributed by atoms with Crippen LogP contribution in [-0.4, -0.2) is 19.2 Å². The van der Waals surface area contributed by atoms with Gasteiger partial charge >= 0.3 is 5.91 Å². The third-order valence-corrected chi connectivity index (χ3v) is 4.85. The predicted octanol–water partition coefficient (Wildman–Crippen LogP) is 5.74. The van der Waals surface area contributed by atoms with E-state index in [1.54, 1.807) is 25.3 Å². The topological polar surface area (TPSA) is 77.0 Å². The van der Waals surface area contributed by atoms with Crippen LogP contribution in [0.5, 0.6) is 5.75 Å². The largest absolute Gasteiger partial charge is 0.497 e. The van der Waals surface area contributed by atoms with Gasteiger partial charge in [-0.3, -0.25) is 4.79 Å². The lowest BCUT2D eigenvalue weighted by molar-refractivity contribution is 0.0928. The Kier molecular flexibility index (Phi) is 5.81. The van der Waals surface area contributed by atoms with Crippen LogP contribution in [0, 0.1) is 0 Å². The van der Waals surface area contributed by atoms with Gasteiger partial charge in [0.25, 0.3) is 0 Å². The number of methoxy groups -OCH3 is 1. The number of nitrogens with one attached hydrogen (secondary N) is 1. The molecule has 1 N–H and O–H groups in total. The van der Waals surface area contributed by atoms with Gasteiger partial charge in [-0.1, -0.05) is 28.1 Å². The summed E-state index contributed by atoms with van der Waals surface area (Å²) in [7, 11) is 1.62. The lowest BCUT2D eigenvalue weighted by atomic mass is 10.2. The molecule has 0 aliphatic heterocycles. The van der Waals surface area contributed by atoms with Crippen LogP contribution in [0.25, 0.3) is 22.6 Å². The highest BCUT2D eigenvalue weighted by Gasteiger charge is 2.12. The Labute approximate surface area is 181 Å². The molecule has 0 aliphatic rings. The highest BCUT2D eigenvalue weighted by atomic mass is 79.9. The Balaban J connectivity index is 1.38. The molecule has 0 saturated heterocycles. The van der Waals surface area contributed by atoms with Crippen molar-refractivity contribution < 1.29 is 18.4 Å². The maximum Gasteiger partial charge on any atom is 0.307 e. The van der Waals surface area contributed by atoms with Crippen molar-refractivity contribution in [2.24, 2.45) is 5.10 Å². The number of hydrazone groups is 1. The maximum atomic E-state index is 12.3. The molecule has 2 aromatic heterocycles. The van der Waals surface area contributed by atoms with Crippen molar-refractivity contribution in [2.45, 2.75) is 0 Å². The molecule has 0 fully saturated rings. The minimum Gasteiger partial charge on any atom is -0.497 e. The Hall–Kier alpha value is -3.58. The fourth-order valence-electron chi connectivity index (χ4n) is 2.77. The molecule has 2 aromatic carbocycles. The monoisotopic (exact) mass is 464 g/mol. The highest BCUT2D eigenvalue weighted by molar-refractivity contribution is 9.10. The van der Waals surface area contributed by atoms with Gasteiger partial charge in [-0.2, -0.15) is 5.10 Å². The summed E-state index contributed by atoms with van der Waals surface area (Å²) < 4.78 is 17.5. The minimum absolute atomic E-state index is 0.170. The molecule has 0 saturated carbocycles. The van der Waals surface area contributed by atoms with E-state index < -0.39 is 5.91 Å². The van der Waals surface area contributed by atoms with Crippen LogP contribution in [-0.2, 0) is 0 Å². The van der Waals surface area contributed by atoms with Crippen molar-refractivity contribution in [1.82, 2.24) is 5.43 Å². The lowest BCUT2D eigenvalue weighted by Crippen LogP contribution is -2.16. The Morgan fingerprint density at radius 2 is 1.53 bits per heavy atom. The van der Waals surface area contributed by atoms with Crippen LogP contribution in [0.4, 0.5) is 0 Å². The number of carbonyl (C=O) groups excluding carboxylic acids is 1. The van der Waals surface area contributed by atoms with Gasteiger partial charge in [0.05, 0.1) is 13.3 Å². The zero-order chi connectivity index (χ0) is 20.9. The number of amides is 1. The third kappa shape index (κ3) is 4.52. The van der Waals surface area contributed by atoms with Crippen LogP contribution in [0.1, 0.15) is 16.3 Å². The van der Waals surface area contributed by atoms with E-state index in [2.05, 4.69) is 26.5 Å². The van der Waals surface area contributed by atoms with Gasteiger partial charge in [0.15, 0.2) is 5.76 Å². The van der Waals surface area contributed by atoms with Gasteiger partial charge in [-0.15, -0.1) is 0 Å². The average Bonchev–Trinajstić information content (AvgIpc) is 3.44. The summed E-state index contributed by atoms with van der Waals surface area (Å²) in [6.45, 7) is 0. The smallest absolute Gasteiger partial charge is 0.307 e. The lowest BCUT2D eigenvalue weighted by Gasteiger charge is -2.00. The molecule has 0 spiro atoms. The molecule has 0 atom stereocenters. The molecule has 2 heterocycles. The first-order valence-corrected chi connectivity index (χ1v) is 9.85. The molecule has 0 radical (unpaired) electrons. The number of benzene rings is 2. The van der Waals surface area contributed by atoms with E-state index in [0.29, 0.717) is 17.3 Å². The fourth-order valence-corrected chi connectivity index (χ4v) is 3.04. The van der Waals surface area contributed by atoms with E-state index in [1.165, 1.54) is 6.21 Å². The first-order chi connectivity index (χ1) is 14.6. The van der Waals surface area contributed by atoms with Crippen molar-refractivity contribution in [1.29, 1.82) is 0 Å². The van der Waals surface area contributed by atoms with Gasteiger partial charge in [0.1, 0.15) is 23.0 Å². The van der Waals surface area contributed by atoms with E-state index in [0.717, 1.165) is 21.3 Å². The molecular weight excluding hydrogens is 448 g/mol. The zero-order valence-corrected chi connectivity index (χ0v) is 17.5. The molecule has 0 bridgehead atoms. The minimum atomic E-state index is -0.448. The van der Waals surface area contributed by atoms with Crippen LogP contribution in [0.2, 0.25) is 0 Å². The number of rotatable bonds is 6. The SMILES string of the molecule is COc1ccc(-c2ccc(C=NNC(=O)c3ccc(-c4ccc(Br)cc4)o3)o2)cc1. The summed E-state index contributed by atoms with van der Waals surface area (Å²) in [4.78, 5) is 12.3. The number of halogens is 1.